The molecule has 0 saturated carbocycles. The van der Waals surface area contributed by atoms with E-state index in [2.05, 4.69) is 4.99 Å². The van der Waals surface area contributed by atoms with Crippen LogP contribution in [0, 0.1) is 0 Å². The van der Waals surface area contributed by atoms with Gasteiger partial charge in [-0.05, 0) is 19.0 Å². The molecule has 1 aliphatic rings. The molecule has 1 aromatic carbocycles. The van der Waals surface area contributed by atoms with Crippen molar-refractivity contribution in [2.75, 3.05) is 13.2 Å². The highest BCUT2D eigenvalue weighted by Gasteiger charge is 2.18. The smallest absolute Gasteiger partial charge is 0.188 e. The number of nitrogens with zero attached hydrogens (tertiary/aromatic N) is 1. The van der Waals surface area contributed by atoms with Crippen molar-refractivity contribution in [3.63, 3.8) is 0 Å². The predicted molar refractivity (Wildman–Crippen MR) is 62.7 cm³/mol. The fourth-order valence-corrected chi connectivity index (χ4v) is 1.73. The zero-order chi connectivity index (χ0) is 11.4. The van der Waals surface area contributed by atoms with Gasteiger partial charge >= 0.3 is 0 Å². The Bertz CT molecular complexity index is 390. The van der Waals surface area contributed by atoms with Crippen LogP contribution in [-0.2, 0) is 11.2 Å². The number of ether oxygens (including phenoxy) is 1. The highest BCUT2D eigenvalue weighted by Crippen LogP contribution is 2.19. The van der Waals surface area contributed by atoms with Gasteiger partial charge in [0, 0.05) is 5.56 Å². The number of hydrogen-bond donors (Lipinski definition) is 2. The van der Waals surface area contributed by atoms with Crippen LogP contribution in [-0.4, -0.2) is 30.2 Å². The maximum absolute atomic E-state index is 9.61. The molecule has 86 valence electrons. The molecule has 1 aromatic rings. The number of phenolic OH excluding ortho intramolecular Hbond substituents is 1. The summed E-state index contributed by atoms with van der Waals surface area (Å²) in [6.07, 6.45) is 1.40. The molecule has 16 heavy (non-hydrogen) atoms. The van der Waals surface area contributed by atoms with Gasteiger partial charge in [-0.15, -0.1) is 0 Å². The van der Waals surface area contributed by atoms with Gasteiger partial charge in [-0.2, -0.15) is 0 Å². The maximum atomic E-state index is 9.61. The molecule has 0 aliphatic carbocycles. The average Bonchev–Trinajstić information content (AvgIpc) is 2.70. The summed E-state index contributed by atoms with van der Waals surface area (Å²) in [5, 5.41) is 9.61. The summed E-state index contributed by atoms with van der Waals surface area (Å²) in [5.74, 6) is 0.982. The normalized spacial score (nSPS) is 19.3. The second kappa shape index (κ2) is 4.99. The molecular formula is C12H16N2O2. The molecule has 0 amide bonds. The number of rotatable bonds is 4. The first-order valence-corrected chi connectivity index (χ1v) is 5.46. The summed E-state index contributed by atoms with van der Waals surface area (Å²) >= 11 is 0. The van der Waals surface area contributed by atoms with E-state index in [1.807, 2.05) is 12.1 Å². The number of aromatic hydroxyl groups is 1. The highest BCUT2D eigenvalue weighted by atomic mass is 16.5. The fraction of sp³-hybridized carbons (Fsp3) is 0.417. The van der Waals surface area contributed by atoms with Crippen molar-refractivity contribution in [2.24, 2.45) is 10.7 Å². The van der Waals surface area contributed by atoms with Crippen molar-refractivity contribution in [3.8, 4) is 5.75 Å². The van der Waals surface area contributed by atoms with E-state index in [9.17, 15) is 5.11 Å². The standard InChI is InChI=1S/C12H16N2O2/c13-6-5-10-8-16-12(14-10)7-9-3-1-2-4-11(9)15/h1-4,10,15H,5-8,13H2. The Morgan fingerprint density at radius 1 is 1.44 bits per heavy atom. The Morgan fingerprint density at radius 2 is 2.25 bits per heavy atom. The van der Waals surface area contributed by atoms with Crippen LogP contribution in [0.15, 0.2) is 29.3 Å². The lowest BCUT2D eigenvalue weighted by Gasteiger charge is -2.03. The van der Waals surface area contributed by atoms with Gasteiger partial charge in [-0.1, -0.05) is 18.2 Å². The summed E-state index contributed by atoms with van der Waals surface area (Å²) in [7, 11) is 0. The SMILES string of the molecule is NCCC1COC(Cc2ccccc2O)=N1. The molecular weight excluding hydrogens is 204 g/mol. The Labute approximate surface area is 94.8 Å². The summed E-state index contributed by atoms with van der Waals surface area (Å²) in [6, 6.07) is 7.42. The third-order valence-electron chi connectivity index (χ3n) is 2.60. The minimum Gasteiger partial charge on any atom is -0.508 e. The summed E-state index contributed by atoms with van der Waals surface area (Å²) in [6.45, 7) is 1.24. The Kier molecular flexibility index (Phi) is 3.41. The van der Waals surface area contributed by atoms with Crippen molar-refractivity contribution in [1.29, 1.82) is 0 Å². The highest BCUT2D eigenvalue weighted by molar-refractivity contribution is 5.80. The largest absolute Gasteiger partial charge is 0.508 e. The summed E-state index contributed by atoms with van der Waals surface area (Å²) in [4.78, 5) is 4.42. The van der Waals surface area contributed by atoms with E-state index in [4.69, 9.17) is 10.5 Å². The second-order valence-corrected chi connectivity index (χ2v) is 3.87. The molecule has 2 rings (SSSR count). The molecule has 0 aromatic heterocycles. The average molecular weight is 220 g/mol. The van der Waals surface area contributed by atoms with Crippen LogP contribution >= 0.6 is 0 Å². The van der Waals surface area contributed by atoms with E-state index in [1.165, 1.54) is 0 Å². The minimum absolute atomic E-state index is 0.186. The number of nitrogens with two attached hydrogens (primary N) is 1. The number of phenols is 1. The van der Waals surface area contributed by atoms with E-state index in [-0.39, 0.29) is 11.8 Å². The zero-order valence-electron chi connectivity index (χ0n) is 9.10. The Hall–Kier alpha value is -1.55. The van der Waals surface area contributed by atoms with Crippen LogP contribution in [0.1, 0.15) is 12.0 Å². The predicted octanol–water partition coefficient (Wildman–Crippen LogP) is 1.08. The molecule has 1 aliphatic heterocycles. The van der Waals surface area contributed by atoms with Crippen molar-refractivity contribution in [1.82, 2.24) is 0 Å². The lowest BCUT2D eigenvalue weighted by atomic mass is 10.1. The van der Waals surface area contributed by atoms with Crippen molar-refractivity contribution in [2.45, 2.75) is 18.9 Å². The molecule has 3 N–H and O–H groups in total. The second-order valence-electron chi connectivity index (χ2n) is 3.87. The van der Waals surface area contributed by atoms with Gasteiger partial charge in [0.25, 0.3) is 0 Å². The molecule has 1 heterocycles. The monoisotopic (exact) mass is 220 g/mol. The van der Waals surface area contributed by atoms with Crippen molar-refractivity contribution in [3.05, 3.63) is 29.8 Å². The fourth-order valence-electron chi connectivity index (χ4n) is 1.73. The molecule has 0 bridgehead atoms. The van der Waals surface area contributed by atoms with Gasteiger partial charge in [0.15, 0.2) is 5.90 Å². The lowest BCUT2D eigenvalue weighted by Crippen LogP contribution is -2.12. The molecule has 1 unspecified atom stereocenters. The molecule has 0 spiro atoms. The minimum atomic E-state index is 0.186. The summed E-state index contributed by atoms with van der Waals surface area (Å²) in [5.41, 5.74) is 6.31. The number of aliphatic imine (C=N–C) groups is 1. The molecule has 1 atom stereocenters. The van der Waals surface area contributed by atoms with Crippen LogP contribution in [0.2, 0.25) is 0 Å². The lowest BCUT2D eigenvalue weighted by molar-refractivity contribution is 0.307. The first-order valence-electron chi connectivity index (χ1n) is 5.46. The van der Waals surface area contributed by atoms with E-state index >= 15 is 0 Å². The van der Waals surface area contributed by atoms with E-state index in [0.717, 1.165) is 12.0 Å². The van der Waals surface area contributed by atoms with Crippen molar-refractivity contribution < 1.29 is 9.84 Å². The third kappa shape index (κ3) is 2.52. The van der Waals surface area contributed by atoms with Crippen molar-refractivity contribution >= 4 is 5.90 Å². The first kappa shape index (κ1) is 11.0. The number of para-hydroxylation sites is 1. The first-order chi connectivity index (χ1) is 7.79. The Balaban J connectivity index is 2.01. The molecule has 0 fully saturated rings. The number of benzene rings is 1. The van der Waals surface area contributed by atoms with Gasteiger partial charge in [0.2, 0.25) is 0 Å². The van der Waals surface area contributed by atoms with Gasteiger partial charge in [-0.25, -0.2) is 4.99 Å². The van der Waals surface area contributed by atoms with Crippen LogP contribution in [0.3, 0.4) is 0 Å². The van der Waals surface area contributed by atoms with Gasteiger partial charge in [0.05, 0.1) is 12.5 Å². The third-order valence-corrected chi connectivity index (χ3v) is 2.60. The molecule has 0 saturated heterocycles. The quantitative estimate of drug-likeness (QED) is 0.797. The van der Waals surface area contributed by atoms with Crippen LogP contribution in [0.4, 0.5) is 0 Å². The van der Waals surface area contributed by atoms with E-state index in [1.54, 1.807) is 12.1 Å². The van der Waals surface area contributed by atoms with Crippen LogP contribution < -0.4 is 5.73 Å². The number of hydrogen-bond acceptors (Lipinski definition) is 4. The van der Waals surface area contributed by atoms with E-state index < -0.39 is 0 Å². The molecule has 4 heteroatoms. The Morgan fingerprint density at radius 3 is 3.00 bits per heavy atom. The molecule has 0 radical (unpaired) electrons. The van der Waals surface area contributed by atoms with Gasteiger partial charge in [-0.3, -0.25) is 0 Å². The van der Waals surface area contributed by atoms with Gasteiger partial charge < -0.3 is 15.6 Å². The molecule has 4 nitrogen and oxygen atoms in total. The summed E-state index contributed by atoms with van der Waals surface area (Å²) < 4.78 is 5.46. The maximum Gasteiger partial charge on any atom is 0.188 e. The van der Waals surface area contributed by atoms with Crippen LogP contribution in [0.25, 0.3) is 0 Å². The van der Waals surface area contributed by atoms with E-state index in [0.29, 0.717) is 25.5 Å². The van der Waals surface area contributed by atoms with Gasteiger partial charge in [0.1, 0.15) is 12.4 Å². The topological polar surface area (TPSA) is 67.8 Å². The zero-order valence-corrected chi connectivity index (χ0v) is 9.10. The van der Waals surface area contributed by atoms with Crippen LogP contribution in [0.5, 0.6) is 5.75 Å².